The van der Waals surface area contributed by atoms with E-state index in [2.05, 4.69) is 10.6 Å². The Bertz CT molecular complexity index is 530. The molecule has 0 heterocycles. The van der Waals surface area contributed by atoms with Gasteiger partial charge >= 0.3 is 12.0 Å². The van der Waals surface area contributed by atoms with Crippen LogP contribution in [0.25, 0.3) is 0 Å². The minimum atomic E-state index is -0.943. The first-order chi connectivity index (χ1) is 9.40. The van der Waals surface area contributed by atoms with Crippen molar-refractivity contribution in [1.82, 2.24) is 5.32 Å². The first kappa shape index (κ1) is 15.4. The van der Waals surface area contributed by atoms with Crippen molar-refractivity contribution in [2.75, 3.05) is 11.9 Å². The number of carbonyl (C=O) groups is 2. The largest absolute Gasteiger partial charge is 0.481 e. The molecule has 0 saturated carbocycles. The SMILES string of the molecule is Cc1ccc(NC(=O)NCCCC(=O)O)c([N+](=O)[O-])c1. The van der Waals surface area contributed by atoms with Gasteiger partial charge in [-0.15, -0.1) is 0 Å². The number of nitrogens with zero attached hydrogens (tertiary/aromatic N) is 1. The third-order valence-corrected chi connectivity index (χ3v) is 2.45. The Morgan fingerprint density at radius 1 is 1.40 bits per heavy atom. The molecule has 0 atom stereocenters. The van der Waals surface area contributed by atoms with Crippen LogP contribution >= 0.6 is 0 Å². The van der Waals surface area contributed by atoms with Gasteiger partial charge in [-0.2, -0.15) is 0 Å². The summed E-state index contributed by atoms with van der Waals surface area (Å²) in [5.41, 5.74) is 0.617. The van der Waals surface area contributed by atoms with Crippen molar-refractivity contribution in [1.29, 1.82) is 0 Å². The molecule has 1 aromatic rings. The molecule has 8 heteroatoms. The molecule has 20 heavy (non-hydrogen) atoms. The molecule has 0 fully saturated rings. The minimum absolute atomic E-state index is 0.0506. The molecule has 1 rings (SSSR count). The number of urea groups is 1. The first-order valence-corrected chi connectivity index (χ1v) is 5.92. The van der Waals surface area contributed by atoms with Gasteiger partial charge in [-0.25, -0.2) is 4.79 Å². The number of carboxylic acids is 1. The summed E-state index contributed by atoms with van der Waals surface area (Å²) < 4.78 is 0. The number of benzene rings is 1. The molecule has 1 aromatic carbocycles. The van der Waals surface area contributed by atoms with Gasteiger partial charge in [0.2, 0.25) is 0 Å². The van der Waals surface area contributed by atoms with Crippen molar-refractivity contribution in [2.45, 2.75) is 19.8 Å². The maximum absolute atomic E-state index is 11.5. The van der Waals surface area contributed by atoms with Crippen LogP contribution in [0.15, 0.2) is 18.2 Å². The van der Waals surface area contributed by atoms with Gasteiger partial charge in [0.15, 0.2) is 0 Å². The number of carbonyl (C=O) groups excluding carboxylic acids is 1. The highest BCUT2D eigenvalue weighted by Gasteiger charge is 2.15. The monoisotopic (exact) mass is 281 g/mol. The van der Waals surface area contributed by atoms with Gasteiger partial charge in [-0.05, 0) is 25.0 Å². The highest BCUT2D eigenvalue weighted by atomic mass is 16.6. The molecule has 0 spiro atoms. The molecular formula is C12H15N3O5. The van der Waals surface area contributed by atoms with Gasteiger partial charge in [-0.3, -0.25) is 14.9 Å². The van der Waals surface area contributed by atoms with Gasteiger partial charge in [0, 0.05) is 19.0 Å². The molecule has 0 saturated heterocycles. The summed E-state index contributed by atoms with van der Waals surface area (Å²) in [5.74, 6) is -0.943. The number of amides is 2. The van der Waals surface area contributed by atoms with E-state index in [1.165, 1.54) is 12.1 Å². The zero-order valence-corrected chi connectivity index (χ0v) is 10.9. The van der Waals surface area contributed by atoms with E-state index >= 15 is 0 Å². The Balaban J connectivity index is 2.57. The molecule has 0 bridgehead atoms. The predicted molar refractivity (Wildman–Crippen MR) is 71.7 cm³/mol. The molecule has 0 radical (unpaired) electrons. The molecule has 3 N–H and O–H groups in total. The highest BCUT2D eigenvalue weighted by molar-refractivity contribution is 5.91. The number of hydrogen-bond acceptors (Lipinski definition) is 4. The van der Waals surface area contributed by atoms with Crippen LogP contribution in [-0.4, -0.2) is 28.6 Å². The third-order valence-electron chi connectivity index (χ3n) is 2.45. The van der Waals surface area contributed by atoms with Crippen molar-refractivity contribution >= 4 is 23.4 Å². The van der Waals surface area contributed by atoms with Gasteiger partial charge in [0.1, 0.15) is 5.69 Å². The summed E-state index contributed by atoms with van der Waals surface area (Å²) in [4.78, 5) is 32.1. The predicted octanol–water partition coefficient (Wildman–Crippen LogP) is 1.89. The highest BCUT2D eigenvalue weighted by Crippen LogP contribution is 2.24. The van der Waals surface area contributed by atoms with Crippen LogP contribution in [0, 0.1) is 17.0 Å². The van der Waals surface area contributed by atoms with Crippen LogP contribution in [0.2, 0.25) is 0 Å². The Labute approximate surface area is 114 Å². The number of anilines is 1. The quantitative estimate of drug-likeness (QED) is 0.417. The lowest BCUT2D eigenvalue weighted by Gasteiger charge is -2.08. The Kier molecular flexibility index (Phi) is 5.45. The van der Waals surface area contributed by atoms with Crippen molar-refractivity contribution in [3.05, 3.63) is 33.9 Å². The standard InChI is InChI=1S/C12H15N3O5/c1-8-4-5-9(10(7-8)15(19)20)14-12(18)13-6-2-3-11(16)17/h4-5,7H,2-3,6H2,1H3,(H,16,17)(H2,13,14,18). The zero-order chi connectivity index (χ0) is 15.1. The van der Waals surface area contributed by atoms with E-state index in [1.54, 1.807) is 13.0 Å². The maximum Gasteiger partial charge on any atom is 0.319 e. The molecule has 108 valence electrons. The number of hydrogen-bond donors (Lipinski definition) is 3. The van der Waals surface area contributed by atoms with E-state index in [0.717, 1.165) is 0 Å². The lowest BCUT2D eigenvalue weighted by Crippen LogP contribution is -2.30. The summed E-state index contributed by atoms with van der Waals surface area (Å²) in [6, 6.07) is 3.85. The summed E-state index contributed by atoms with van der Waals surface area (Å²) in [6.45, 7) is 1.89. The van der Waals surface area contributed by atoms with E-state index in [-0.39, 0.29) is 24.3 Å². The van der Waals surface area contributed by atoms with Gasteiger partial charge < -0.3 is 15.7 Å². The zero-order valence-electron chi connectivity index (χ0n) is 10.9. The lowest BCUT2D eigenvalue weighted by molar-refractivity contribution is -0.384. The normalized spacial score (nSPS) is 9.85. The first-order valence-electron chi connectivity index (χ1n) is 5.92. The van der Waals surface area contributed by atoms with Crippen LogP contribution in [0.4, 0.5) is 16.2 Å². The minimum Gasteiger partial charge on any atom is -0.481 e. The van der Waals surface area contributed by atoms with Crippen molar-refractivity contribution in [3.63, 3.8) is 0 Å². The number of aliphatic carboxylic acids is 1. The topological polar surface area (TPSA) is 122 Å². The van der Waals surface area contributed by atoms with Gasteiger partial charge in [0.05, 0.1) is 4.92 Å². The molecule has 0 aliphatic carbocycles. The number of rotatable bonds is 6. The number of nitro groups is 1. The maximum atomic E-state index is 11.5. The van der Waals surface area contributed by atoms with Crippen molar-refractivity contribution in [3.8, 4) is 0 Å². The van der Waals surface area contributed by atoms with Gasteiger partial charge in [-0.1, -0.05) is 6.07 Å². The Morgan fingerprint density at radius 3 is 2.70 bits per heavy atom. The fourth-order valence-electron chi connectivity index (χ4n) is 1.51. The summed E-state index contributed by atoms with van der Waals surface area (Å²) in [6.07, 6.45) is 0.240. The van der Waals surface area contributed by atoms with Crippen molar-refractivity contribution < 1.29 is 19.6 Å². The summed E-state index contributed by atoms with van der Waals surface area (Å²) in [5, 5.41) is 24.1. The van der Waals surface area contributed by atoms with Crippen LogP contribution in [0.3, 0.4) is 0 Å². The number of nitro benzene ring substituents is 1. The molecular weight excluding hydrogens is 266 g/mol. The number of aryl methyl sites for hydroxylation is 1. The second-order valence-electron chi connectivity index (χ2n) is 4.16. The number of carboxylic acid groups (broad SMARTS) is 1. The fourth-order valence-corrected chi connectivity index (χ4v) is 1.51. The van der Waals surface area contributed by atoms with E-state index in [4.69, 9.17) is 5.11 Å². The Morgan fingerprint density at radius 2 is 2.10 bits per heavy atom. The fraction of sp³-hybridized carbons (Fsp3) is 0.333. The molecule has 0 unspecified atom stereocenters. The molecule has 2 amide bonds. The van der Waals surface area contributed by atoms with Crippen LogP contribution < -0.4 is 10.6 Å². The molecule has 0 aliphatic heterocycles. The summed E-state index contributed by atoms with van der Waals surface area (Å²) >= 11 is 0. The van der Waals surface area contributed by atoms with E-state index < -0.39 is 16.9 Å². The number of nitrogens with one attached hydrogen (secondary N) is 2. The van der Waals surface area contributed by atoms with Crippen LogP contribution in [0.5, 0.6) is 0 Å². The van der Waals surface area contributed by atoms with Crippen LogP contribution in [0.1, 0.15) is 18.4 Å². The molecule has 0 aliphatic rings. The van der Waals surface area contributed by atoms with E-state index in [1.807, 2.05) is 0 Å². The van der Waals surface area contributed by atoms with Gasteiger partial charge in [0.25, 0.3) is 5.69 Å². The second kappa shape index (κ2) is 7.07. The molecule has 8 nitrogen and oxygen atoms in total. The second-order valence-corrected chi connectivity index (χ2v) is 4.16. The average molecular weight is 281 g/mol. The van der Waals surface area contributed by atoms with E-state index in [9.17, 15) is 19.7 Å². The van der Waals surface area contributed by atoms with Crippen molar-refractivity contribution in [2.24, 2.45) is 0 Å². The average Bonchev–Trinajstić information content (AvgIpc) is 2.36. The van der Waals surface area contributed by atoms with Crippen LogP contribution in [-0.2, 0) is 4.79 Å². The third kappa shape index (κ3) is 4.92. The smallest absolute Gasteiger partial charge is 0.319 e. The summed E-state index contributed by atoms with van der Waals surface area (Å²) in [7, 11) is 0. The Hall–Kier alpha value is -2.64. The lowest BCUT2D eigenvalue weighted by atomic mass is 10.2. The molecule has 0 aromatic heterocycles. The van der Waals surface area contributed by atoms with E-state index in [0.29, 0.717) is 12.0 Å².